The van der Waals surface area contributed by atoms with E-state index in [2.05, 4.69) is 37.2 Å². The van der Waals surface area contributed by atoms with E-state index >= 15 is 0 Å². The van der Waals surface area contributed by atoms with Crippen molar-refractivity contribution in [3.8, 4) is 0 Å². The minimum Gasteiger partial charge on any atom is -0.380 e. The summed E-state index contributed by atoms with van der Waals surface area (Å²) in [6.07, 6.45) is 0. The molecule has 0 heterocycles. The van der Waals surface area contributed by atoms with Crippen LogP contribution in [0.3, 0.4) is 0 Å². The minimum atomic E-state index is 0.698. The van der Waals surface area contributed by atoms with Crippen molar-refractivity contribution in [1.82, 2.24) is 4.90 Å². The standard InChI is InChI=1S/C11H17NO/c1-12(2)8-10-6-4-5-7-11(10)9-13-3/h4-7H,8-9H2,1-3H3. The quantitative estimate of drug-likeness (QED) is 0.700. The van der Waals surface area contributed by atoms with E-state index in [4.69, 9.17) is 4.74 Å². The number of methoxy groups -OCH3 is 1. The Balaban J connectivity index is 2.78. The highest BCUT2D eigenvalue weighted by Crippen LogP contribution is 2.11. The smallest absolute Gasteiger partial charge is 0.0716 e. The van der Waals surface area contributed by atoms with Crippen LogP contribution in [-0.4, -0.2) is 26.1 Å². The Hall–Kier alpha value is -0.860. The molecule has 2 heteroatoms. The van der Waals surface area contributed by atoms with Crippen molar-refractivity contribution in [3.63, 3.8) is 0 Å². The molecule has 0 aliphatic heterocycles. The molecule has 1 rings (SSSR count). The lowest BCUT2D eigenvalue weighted by molar-refractivity contribution is 0.183. The SMILES string of the molecule is COCc1ccccc1CN(C)C. The zero-order valence-electron chi connectivity index (χ0n) is 8.58. The molecule has 0 unspecified atom stereocenters. The number of benzene rings is 1. The second-order valence-corrected chi connectivity index (χ2v) is 3.44. The van der Waals surface area contributed by atoms with E-state index in [1.807, 2.05) is 6.07 Å². The first-order valence-electron chi connectivity index (χ1n) is 4.44. The molecule has 0 fully saturated rings. The molecule has 0 N–H and O–H groups in total. The van der Waals surface area contributed by atoms with E-state index in [1.54, 1.807) is 7.11 Å². The fourth-order valence-electron chi connectivity index (χ4n) is 1.35. The van der Waals surface area contributed by atoms with Gasteiger partial charge in [-0.15, -0.1) is 0 Å². The van der Waals surface area contributed by atoms with Gasteiger partial charge >= 0.3 is 0 Å². The van der Waals surface area contributed by atoms with Crippen LogP contribution in [0, 0.1) is 0 Å². The summed E-state index contributed by atoms with van der Waals surface area (Å²) >= 11 is 0. The lowest BCUT2D eigenvalue weighted by Gasteiger charge is -2.13. The van der Waals surface area contributed by atoms with Gasteiger partial charge in [0.15, 0.2) is 0 Å². The second kappa shape index (κ2) is 5.00. The molecule has 72 valence electrons. The van der Waals surface area contributed by atoms with E-state index in [0.717, 1.165) is 6.54 Å². The molecular weight excluding hydrogens is 162 g/mol. The molecule has 2 nitrogen and oxygen atoms in total. The van der Waals surface area contributed by atoms with Crippen LogP contribution in [0.25, 0.3) is 0 Å². The highest BCUT2D eigenvalue weighted by Gasteiger charge is 2.01. The van der Waals surface area contributed by atoms with Crippen LogP contribution < -0.4 is 0 Å². The first-order chi connectivity index (χ1) is 6.24. The van der Waals surface area contributed by atoms with Crippen LogP contribution in [0.15, 0.2) is 24.3 Å². The zero-order chi connectivity index (χ0) is 9.68. The van der Waals surface area contributed by atoms with Gasteiger partial charge in [0.05, 0.1) is 6.61 Å². The highest BCUT2D eigenvalue weighted by atomic mass is 16.5. The lowest BCUT2D eigenvalue weighted by atomic mass is 10.1. The zero-order valence-corrected chi connectivity index (χ0v) is 8.58. The maximum Gasteiger partial charge on any atom is 0.0716 e. The normalized spacial score (nSPS) is 10.8. The van der Waals surface area contributed by atoms with Crippen molar-refractivity contribution in [2.75, 3.05) is 21.2 Å². The predicted octanol–water partition coefficient (Wildman–Crippen LogP) is 1.89. The van der Waals surface area contributed by atoms with Gasteiger partial charge in [-0.2, -0.15) is 0 Å². The van der Waals surface area contributed by atoms with Gasteiger partial charge in [0.2, 0.25) is 0 Å². The molecule has 0 saturated carbocycles. The molecule has 1 aromatic carbocycles. The van der Waals surface area contributed by atoms with E-state index in [-0.39, 0.29) is 0 Å². The van der Waals surface area contributed by atoms with Gasteiger partial charge in [-0.1, -0.05) is 24.3 Å². The molecule has 0 atom stereocenters. The Morgan fingerprint density at radius 1 is 1.15 bits per heavy atom. The maximum absolute atomic E-state index is 5.13. The summed E-state index contributed by atoms with van der Waals surface area (Å²) in [4.78, 5) is 2.16. The monoisotopic (exact) mass is 179 g/mol. The largest absolute Gasteiger partial charge is 0.380 e. The summed E-state index contributed by atoms with van der Waals surface area (Å²) in [6.45, 7) is 1.67. The molecule has 0 bridgehead atoms. The average molecular weight is 179 g/mol. The molecule has 0 radical (unpaired) electrons. The Kier molecular flexibility index (Phi) is 3.93. The lowest BCUT2D eigenvalue weighted by Crippen LogP contribution is -2.12. The number of nitrogens with zero attached hydrogens (tertiary/aromatic N) is 1. The van der Waals surface area contributed by atoms with Crippen molar-refractivity contribution in [3.05, 3.63) is 35.4 Å². The minimum absolute atomic E-state index is 0.698. The summed E-state index contributed by atoms with van der Waals surface area (Å²) < 4.78 is 5.13. The fraction of sp³-hybridized carbons (Fsp3) is 0.455. The van der Waals surface area contributed by atoms with Gasteiger partial charge in [-0.05, 0) is 25.2 Å². The molecule has 0 spiro atoms. The van der Waals surface area contributed by atoms with Crippen molar-refractivity contribution < 1.29 is 4.74 Å². The molecule has 0 amide bonds. The van der Waals surface area contributed by atoms with Crippen molar-refractivity contribution in [2.24, 2.45) is 0 Å². The van der Waals surface area contributed by atoms with E-state index < -0.39 is 0 Å². The molecule has 13 heavy (non-hydrogen) atoms. The first kappa shape index (κ1) is 10.2. The summed E-state index contributed by atoms with van der Waals surface area (Å²) in [6, 6.07) is 8.38. The van der Waals surface area contributed by atoms with E-state index in [9.17, 15) is 0 Å². The van der Waals surface area contributed by atoms with Gasteiger partial charge in [-0.25, -0.2) is 0 Å². The number of ether oxygens (including phenoxy) is 1. The van der Waals surface area contributed by atoms with Crippen LogP contribution in [0.2, 0.25) is 0 Å². The van der Waals surface area contributed by atoms with Gasteiger partial charge in [-0.3, -0.25) is 0 Å². The number of hydrogen-bond acceptors (Lipinski definition) is 2. The van der Waals surface area contributed by atoms with Crippen molar-refractivity contribution in [1.29, 1.82) is 0 Å². The Morgan fingerprint density at radius 3 is 2.31 bits per heavy atom. The van der Waals surface area contributed by atoms with Crippen LogP contribution >= 0.6 is 0 Å². The molecular formula is C11H17NO. The number of hydrogen-bond donors (Lipinski definition) is 0. The van der Waals surface area contributed by atoms with Crippen molar-refractivity contribution >= 4 is 0 Å². The maximum atomic E-state index is 5.13. The van der Waals surface area contributed by atoms with Crippen LogP contribution in [0.5, 0.6) is 0 Å². The van der Waals surface area contributed by atoms with E-state index in [1.165, 1.54) is 11.1 Å². The topological polar surface area (TPSA) is 12.5 Å². The first-order valence-corrected chi connectivity index (χ1v) is 4.44. The summed E-state index contributed by atoms with van der Waals surface area (Å²) in [5.41, 5.74) is 2.62. The fourth-order valence-corrected chi connectivity index (χ4v) is 1.35. The molecule has 0 aromatic heterocycles. The predicted molar refractivity (Wildman–Crippen MR) is 54.5 cm³/mol. The molecule has 0 aliphatic carbocycles. The molecule has 0 saturated heterocycles. The molecule has 1 aromatic rings. The van der Waals surface area contributed by atoms with Crippen LogP contribution in [0.1, 0.15) is 11.1 Å². The van der Waals surface area contributed by atoms with Crippen molar-refractivity contribution in [2.45, 2.75) is 13.2 Å². The van der Waals surface area contributed by atoms with Gasteiger partial charge in [0.25, 0.3) is 0 Å². The van der Waals surface area contributed by atoms with E-state index in [0.29, 0.717) is 6.61 Å². The Morgan fingerprint density at radius 2 is 1.77 bits per heavy atom. The van der Waals surface area contributed by atoms with Gasteiger partial charge in [0, 0.05) is 13.7 Å². The van der Waals surface area contributed by atoms with Crippen LogP contribution in [0.4, 0.5) is 0 Å². The number of rotatable bonds is 4. The summed E-state index contributed by atoms with van der Waals surface area (Å²) in [5.74, 6) is 0. The highest BCUT2D eigenvalue weighted by molar-refractivity contribution is 5.26. The Bertz CT molecular complexity index is 258. The third kappa shape index (κ3) is 3.17. The third-order valence-electron chi connectivity index (χ3n) is 1.90. The molecule has 0 aliphatic rings. The second-order valence-electron chi connectivity index (χ2n) is 3.44. The third-order valence-corrected chi connectivity index (χ3v) is 1.90. The summed E-state index contributed by atoms with van der Waals surface area (Å²) in [5, 5.41) is 0. The van der Waals surface area contributed by atoms with Gasteiger partial charge < -0.3 is 9.64 Å². The Labute approximate surface area is 80.1 Å². The average Bonchev–Trinajstić information content (AvgIpc) is 2.08. The van der Waals surface area contributed by atoms with Gasteiger partial charge in [0.1, 0.15) is 0 Å². The summed E-state index contributed by atoms with van der Waals surface area (Å²) in [7, 11) is 5.87. The van der Waals surface area contributed by atoms with Crippen LogP contribution in [-0.2, 0) is 17.9 Å².